The van der Waals surface area contributed by atoms with E-state index in [-0.39, 0.29) is 5.82 Å². The lowest BCUT2D eigenvalue weighted by Gasteiger charge is -2.03. The van der Waals surface area contributed by atoms with E-state index < -0.39 is 0 Å². The van der Waals surface area contributed by atoms with E-state index in [0.717, 1.165) is 17.0 Å². The van der Waals surface area contributed by atoms with Crippen LogP contribution in [0, 0.1) is 19.7 Å². The van der Waals surface area contributed by atoms with Crippen molar-refractivity contribution in [3.05, 3.63) is 51.4 Å². The molecule has 1 N–H and O–H groups in total. The Morgan fingerprint density at radius 3 is 2.72 bits per heavy atom. The standard InChI is InChI=1S/C13H14BrFN2O/c1-8-9(2)18-13(17-8)7-16-6-10-3-4-11(14)12(15)5-10/h3-5,16H,6-7H2,1-2H3. The minimum Gasteiger partial charge on any atom is -0.444 e. The average molecular weight is 313 g/mol. The molecule has 2 aromatic rings. The maximum atomic E-state index is 13.3. The Labute approximate surface area is 114 Å². The molecule has 0 aliphatic heterocycles. The molecule has 18 heavy (non-hydrogen) atoms. The van der Waals surface area contributed by atoms with E-state index in [4.69, 9.17) is 4.42 Å². The molecule has 3 nitrogen and oxygen atoms in total. The van der Waals surface area contributed by atoms with Gasteiger partial charge in [0.15, 0.2) is 0 Å². The van der Waals surface area contributed by atoms with Crippen LogP contribution in [-0.2, 0) is 13.1 Å². The predicted octanol–water partition coefficient (Wildman–Crippen LogP) is 3.48. The summed E-state index contributed by atoms with van der Waals surface area (Å²) in [4.78, 5) is 4.26. The molecule has 0 unspecified atom stereocenters. The second-order valence-electron chi connectivity index (χ2n) is 4.10. The van der Waals surface area contributed by atoms with Crippen molar-refractivity contribution >= 4 is 15.9 Å². The number of rotatable bonds is 4. The Kier molecular flexibility index (Phi) is 4.14. The predicted molar refractivity (Wildman–Crippen MR) is 70.6 cm³/mol. The zero-order chi connectivity index (χ0) is 13.1. The van der Waals surface area contributed by atoms with Crippen LogP contribution in [0.5, 0.6) is 0 Å². The first kappa shape index (κ1) is 13.2. The first-order chi connectivity index (χ1) is 8.56. The number of hydrogen-bond acceptors (Lipinski definition) is 3. The van der Waals surface area contributed by atoms with Crippen molar-refractivity contribution in [3.63, 3.8) is 0 Å². The smallest absolute Gasteiger partial charge is 0.208 e. The number of benzene rings is 1. The maximum absolute atomic E-state index is 13.3. The lowest BCUT2D eigenvalue weighted by Crippen LogP contribution is -2.13. The molecule has 2 rings (SSSR count). The van der Waals surface area contributed by atoms with Crippen LogP contribution in [0.3, 0.4) is 0 Å². The van der Waals surface area contributed by atoms with Gasteiger partial charge >= 0.3 is 0 Å². The van der Waals surface area contributed by atoms with Gasteiger partial charge < -0.3 is 9.73 Å². The zero-order valence-electron chi connectivity index (χ0n) is 10.3. The van der Waals surface area contributed by atoms with Crippen molar-refractivity contribution in [1.29, 1.82) is 0 Å². The Bertz CT molecular complexity index is 534. The first-order valence-corrected chi connectivity index (χ1v) is 6.43. The normalized spacial score (nSPS) is 10.9. The van der Waals surface area contributed by atoms with Gasteiger partial charge in [0, 0.05) is 6.54 Å². The highest BCUT2D eigenvalue weighted by Crippen LogP contribution is 2.16. The maximum Gasteiger partial charge on any atom is 0.208 e. The van der Waals surface area contributed by atoms with Gasteiger partial charge in [-0.05, 0) is 47.5 Å². The third-order valence-corrected chi connectivity index (χ3v) is 3.31. The van der Waals surface area contributed by atoms with E-state index in [1.165, 1.54) is 6.07 Å². The molecule has 0 saturated heterocycles. The average Bonchev–Trinajstić information content (AvgIpc) is 2.63. The fourth-order valence-electron chi connectivity index (χ4n) is 1.58. The summed E-state index contributed by atoms with van der Waals surface area (Å²) in [5.74, 6) is 1.24. The molecule has 0 spiro atoms. The fraction of sp³-hybridized carbons (Fsp3) is 0.308. The van der Waals surface area contributed by atoms with E-state index >= 15 is 0 Å². The van der Waals surface area contributed by atoms with Gasteiger partial charge in [0.2, 0.25) is 5.89 Å². The van der Waals surface area contributed by atoms with Crippen LogP contribution in [0.25, 0.3) is 0 Å². The second-order valence-corrected chi connectivity index (χ2v) is 4.96. The lowest BCUT2D eigenvalue weighted by atomic mass is 10.2. The Morgan fingerprint density at radius 2 is 2.11 bits per heavy atom. The van der Waals surface area contributed by atoms with Crippen LogP contribution in [0.15, 0.2) is 27.1 Å². The lowest BCUT2D eigenvalue weighted by molar-refractivity contribution is 0.448. The number of hydrogen-bond donors (Lipinski definition) is 1. The number of oxazole rings is 1. The highest BCUT2D eigenvalue weighted by molar-refractivity contribution is 9.10. The van der Waals surface area contributed by atoms with Gasteiger partial charge in [-0.25, -0.2) is 9.37 Å². The zero-order valence-corrected chi connectivity index (χ0v) is 11.8. The van der Waals surface area contributed by atoms with Crippen LogP contribution in [0.1, 0.15) is 22.9 Å². The van der Waals surface area contributed by atoms with Crippen molar-refractivity contribution in [2.75, 3.05) is 0 Å². The van der Waals surface area contributed by atoms with Crippen LogP contribution in [0.2, 0.25) is 0 Å². The Balaban J connectivity index is 1.90. The van der Waals surface area contributed by atoms with Crippen molar-refractivity contribution in [2.45, 2.75) is 26.9 Å². The summed E-state index contributed by atoms with van der Waals surface area (Å²) in [7, 11) is 0. The molecule has 1 aromatic heterocycles. The van der Waals surface area contributed by atoms with Gasteiger partial charge in [0.1, 0.15) is 11.6 Å². The highest BCUT2D eigenvalue weighted by atomic mass is 79.9. The van der Waals surface area contributed by atoms with Gasteiger partial charge in [-0.1, -0.05) is 6.07 Å². The SMILES string of the molecule is Cc1nc(CNCc2ccc(Br)c(F)c2)oc1C. The third-order valence-electron chi connectivity index (χ3n) is 2.66. The Morgan fingerprint density at radius 1 is 1.33 bits per heavy atom. The van der Waals surface area contributed by atoms with Crippen molar-refractivity contribution in [3.8, 4) is 0 Å². The molecule has 1 aromatic carbocycles. The molecule has 0 amide bonds. The fourth-order valence-corrected chi connectivity index (χ4v) is 1.82. The number of nitrogens with zero attached hydrogens (tertiary/aromatic N) is 1. The van der Waals surface area contributed by atoms with Crippen molar-refractivity contribution in [2.24, 2.45) is 0 Å². The van der Waals surface area contributed by atoms with E-state index in [1.54, 1.807) is 6.07 Å². The van der Waals surface area contributed by atoms with E-state index in [1.807, 2.05) is 19.9 Å². The molecule has 0 bridgehead atoms. The number of aromatic nitrogens is 1. The molecule has 96 valence electrons. The topological polar surface area (TPSA) is 38.1 Å². The van der Waals surface area contributed by atoms with Gasteiger partial charge in [0.05, 0.1) is 16.7 Å². The Hall–Kier alpha value is -1.20. The van der Waals surface area contributed by atoms with E-state index in [9.17, 15) is 4.39 Å². The summed E-state index contributed by atoms with van der Waals surface area (Å²) in [5.41, 5.74) is 1.79. The van der Waals surface area contributed by atoms with Crippen LogP contribution in [-0.4, -0.2) is 4.98 Å². The summed E-state index contributed by atoms with van der Waals surface area (Å²) in [6.45, 7) is 4.90. The minimum atomic E-state index is -0.253. The summed E-state index contributed by atoms with van der Waals surface area (Å²) < 4.78 is 19.2. The number of aryl methyl sites for hydroxylation is 2. The molecular weight excluding hydrogens is 299 g/mol. The third kappa shape index (κ3) is 3.17. The van der Waals surface area contributed by atoms with E-state index in [0.29, 0.717) is 23.5 Å². The van der Waals surface area contributed by atoms with Gasteiger partial charge in [-0.15, -0.1) is 0 Å². The highest BCUT2D eigenvalue weighted by Gasteiger charge is 2.05. The van der Waals surface area contributed by atoms with Crippen molar-refractivity contribution in [1.82, 2.24) is 10.3 Å². The quantitative estimate of drug-likeness (QED) is 0.939. The molecule has 0 fully saturated rings. The van der Waals surface area contributed by atoms with Crippen LogP contribution < -0.4 is 5.32 Å². The van der Waals surface area contributed by atoms with Gasteiger partial charge in [-0.2, -0.15) is 0 Å². The number of halogens is 2. The first-order valence-electron chi connectivity index (χ1n) is 5.64. The minimum absolute atomic E-state index is 0.253. The van der Waals surface area contributed by atoms with Gasteiger partial charge in [0.25, 0.3) is 0 Å². The van der Waals surface area contributed by atoms with E-state index in [2.05, 4.69) is 26.2 Å². The van der Waals surface area contributed by atoms with Gasteiger partial charge in [-0.3, -0.25) is 0 Å². The molecule has 0 aliphatic rings. The molecule has 0 saturated carbocycles. The number of nitrogens with one attached hydrogen (secondary N) is 1. The summed E-state index contributed by atoms with van der Waals surface area (Å²) in [5, 5.41) is 3.17. The summed E-state index contributed by atoms with van der Waals surface area (Å²) >= 11 is 3.12. The summed E-state index contributed by atoms with van der Waals surface area (Å²) in [6.07, 6.45) is 0. The monoisotopic (exact) mass is 312 g/mol. The van der Waals surface area contributed by atoms with Crippen molar-refractivity contribution < 1.29 is 8.81 Å². The molecule has 0 atom stereocenters. The summed E-state index contributed by atoms with van der Waals surface area (Å²) in [6, 6.07) is 5.07. The largest absolute Gasteiger partial charge is 0.444 e. The van der Waals surface area contributed by atoms with Crippen LogP contribution >= 0.6 is 15.9 Å². The molecule has 0 aliphatic carbocycles. The molecule has 1 heterocycles. The molecular formula is C13H14BrFN2O. The molecule has 0 radical (unpaired) electrons. The molecule has 5 heteroatoms. The second kappa shape index (κ2) is 5.63. The van der Waals surface area contributed by atoms with Crippen LogP contribution in [0.4, 0.5) is 4.39 Å².